The van der Waals surface area contributed by atoms with Gasteiger partial charge in [-0.05, 0) is 50.2 Å². The molecule has 0 unspecified atom stereocenters. The van der Waals surface area contributed by atoms with Gasteiger partial charge in [0.2, 0.25) is 10.0 Å². The van der Waals surface area contributed by atoms with Gasteiger partial charge in [0.25, 0.3) is 10.0 Å². The highest BCUT2D eigenvalue weighted by Crippen LogP contribution is 2.30. The Bertz CT molecular complexity index is 1160. The van der Waals surface area contributed by atoms with Gasteiger partial charge in [0.15, 0.2) is 0 Å². The van der Waals surface area contributed by atoms with Gasteiger partial charge in [0.1, 0.15) is 5.75 Å². The van der Waals surface area contributed by atoms with Gasteiger partial charge in [-0.25, -0.2) is 26.4 Å². The average Bonchev–Trinajstić information content (AvgIpc) is 2.66. The number of benzene rings is 2. The molecule has 0 radical (unpaired) electrons. The van der Waals surface area contributed by atoms with Crippen LogP contribution in [0, 0.1) is 0 Å². The number of carbonyl (C=O) groups excluding carboxylic acids is 1. The zero-order valence-corrected chi connectivity index (χ0v) is 19.0. The van der Waals surface area contributed by atoms with Crippen molar-refractivity contribution < 1.29 is 31.1 Å². The van der Waals surface area contributed by atoms with Crippen LogP contribution in [-0.4, -0.2) is 43.1 Å². The molecule has 2 aromatic carbocycles. The summed E-state index contributed by atoms with van der Waals surface area (Å²) in [5.41, 5.74) is -0.231. The van der Waals surface area contributed by atoms with Crippen molar-refractivity contribution in [2.75, 3.05) is 18.9 Å². The lowest BCUT2D eigenvalue weighted by molar-refractivity contribution is 0.0600. The van der Waals surface area contributed by atoms with E-state index in [0.29, 0.717) is 0 Å². The number of esters is 1. The van der Waals surface area contributed by atoms with E-state index in [2.05, 4.69) is 14.2 Å². The van der Waals surface area contributed by atoms with Gasteiger partial charge in [-0.2, -0.15) is 0 Å². The number of methoxy groups -OCH3 is 2. The lowest BCUT2D eigenvalue weighted by Gasteiger charge is -2.15. The minimum Gasteiger partial charge on any atom is -0.495 e. The lowest BCUT2D eigenvalue weighted by Crippen LogP contribution is -2.30. The minimum atomic E-state index is -4.22. The number of nitrogens with one attached hydrogen (secondary N) is 2. The molecular formula is C18H21ClN2O7S2. The summed E-state index contributed by atoms with van der Waals surface area (Å²) < 4.78 is 65.0. The molecule has 9 nitrogen and oxygen atoms in total. The molecule has 0 aromatic heterocycles. The average molecular weight is 477 g/mol. The van der Waals surface area contributed by atoms with Crippen LogP contribution < -0.4 is 14.2 Å². The van der Waals surface area contributed by atoms with Crippen LogP contribution in [0.15, 0.2) is 46.2 Å². The molecule has 0 spiro atoms. The molecule has 2 aromatic rings. The Balaban J connectivity index is 2.50. The zero-order valence-electron chi connectivity index (χ0n) is 16.6. The number of rotatable bonds is 8. The first-order chi connectivity index (χ1) is 13.9. The van der Waals surface area contributed by atoms with Crippen molar-refractivity contribution in [3.05, 3.63) is 47.0 Å². The molecule has 0 bridgehead atoms. The highest BCUT2D eigenvalue weighted by molar-refractivity contribution is 7.92. The molecule has 2 rings (SSSR count). The van der Waals surface area contributed by atoms with Crippen LogP contribution in [0.4, 0.5) is 5.69 Å². The van der Waals surface area contributed by atoms with E-state index < -0.39 is 26.0 Å². The highest BCUT2D eigenvalue weighted by Gasteiger charge is 2.23. The largest absolute Gasteiger partial charge is 0.495 e. The van der Waals surface area contributed by atoms with Gasteiger partial charge >= 0.3 is 5.97 Å². The smallest absolute Gasteiger partial charge is 0.339 e. The quantitative estimate of drug-likeness (QED) is 0.560. The van der Waals surface area contributed by atoms with E-state index in [0.717, 1.165) is 19.2 Å². The van der Waals surface area contributed by atoms with Gasteiger partial charge in [-0.3, -0.25) is 4.72 Å². The number of carbonyl (C=O) groups is 1. The fraction of sp³-hybridized carbons (Fsp3) is 0.278. The van der Waals surface area contributed by atoms with E-state index >= 15 is 0 Å². The number of halogens is 1. The molecule has 164 valence electrons. The Kier molecular flexibility index (Phi) is 7.35. The normalized spacial score (nSPS) is 11.9. The van der Waals surface area contributed by atoms with Crippen LogP contribution in [0.1, 0.15) is 24.2 Å². The molecule has 2 N–H and O–H groups in total. The SMILES string of the molecule is COC(=O)c1cc(S(=O)(=O)Nc2cc(S(=O)(=O)NC(C)C)ccc2OC)ccc1Cl. The molecule has 0 aliphatic rings. The van der Waals surface area contributed by atoms with Gasteiger partial charge in [0.05, 0.1) is 40.3 Å². The summed E-state index contributed by atoms with van der Waals surface area (Å²) in [6.07, 6.45) is 0. The standard InChI is InChI=1S/C18H21ClN2O7S2/c1-11(2)20-29(23,24)13-6-8-17(27-3)16(10-13)21-30(25,26)12-5-7-15(19)14(9-12)18(22)28-4/h5-11,20-21H,1-4H3. The summed E-state index contributed by atoms with van der Waals surface area (Å²) in [7, 11) is -5.65. The molecule has 0 aliphatic carbocycles. The van der Waals surface area contributed by atoms with Crippen LogP contribution in [0.3, 0.4) is 0 Å². The Morgan fingerprint density at radius 1 is 0.967 bits per heavy atom. The summed E-state index contributed by atoms with van der Waals surface area (Å²) in [4.78, 5) is 11.4. The van der Waals surface area contributed by atoms with Crippen LogP contribution in [0.5, 0.6) is 5.75 Å². The minimum absolute atomic E-state index is 0.0197. The van der Waals surface area contributed by atoms with Crippen molar-refractivity contribution in [1.82, 2.24) is 4.72 Å². The van der Waals surface area contributed by atoms with Gasteiger partial charge < -0.3 is 9.47 Å². The summed E-state index contributed by atoms with van der Waals surface area (Å²) in [5, 5.41) is 0.0197. The zero-order chi connectivity index (χ0) is 22.7. The predicted octanol–water partition coefficient (Wildman–Crippen LogP) is 2.62. The Morgan fingerprint density at radius 2 is 1.57 bits per heavy atom. The second kappa shape index (κ2) is 9.21. The Hall–Kier alpha value is -2.34. The summed E-state index contributed by atoms with van der Waals surface area (Å²) in [6.45, 7) is 3.31. The van der Waals surface area contributed by atoms with E-state index in [9.17, 15) is 21.6 Å². The number of hydrogen-bond acceptors (Lipinski definition) is 7. The van der Waals surface area contributed by atoms with E-state index in [-0.39, 0.29) is 37.9 Å². The monoisotopic (exact) mass is 476 g/mol. The summed E-state index contributed by atoms with van der Waals surface area (Å²) >= 11 is 5.93. The summed E-state index contributed by atoms with van der Waals surface area (Å²) in [5.74, 6) is -0.702. The van der Waals surface area contributed by atoms with E-state index in [4.69, 9.17) is 16.3 Å². The Labute approximate surface area is 180 Å². The fourth-order valence-electron chi connectivity index (χ4n) is 2.45. The van der Waals surface area contributed by atoms with E-state index in [1.165, 1.54) is 31.4 Å². The first-order valence-corrected chi connectivity index (χ1v) is 11.9. The maximum Gasteiger partial charge on any atom is 0.339 e. The maximum atomic E-state index is 12.9. The van der Waals surface area contributed by atoms with E-state index in [1.54, 1.807) is 13.8 Å². The van der Waals surface area contributed by atoms with Crippen molar-refractivity contribution in [1.29, 1.82) is 0 Å². The molecule has 12 heteroatoms. The summed E-state index contributed by atoms with van der Waals surface area (Å²) in [6, 6.07) is 6.90. The third-order valence-electron chi connectivity index (χ3n) is 3.77. The fourth-order valence-corrected chi connectivity index (χ4v) is 5.01. The molecule has 0 amide bonds. The third kappa shape index (κ3) is 5.42. The Morgan fingerprint density at radius 3 is 2.13 bits per heavy atom. The third-order valence-corrected chi connectivity index (χ3v) is 7.12. The second-order valence-corrected chi connectivity index (χ2v) is 10.2. The lowest BCUT2D eigenvalue weighted by atomic mass is 10.2. The van der Waals surface area contributed by atoms with Gasteiger partial charge in [-0.1, -0.05) is 11.6 Å². The molecule has 30 heavy (non-hydrogen) atoms. The molecule has 0 aliphatic heterocycles. The van der Waals surface area contributed by atoms with Crippen LogP contribution in [0.2, 0.25) is 5.02 Å². The van der Waals surface area contributed by atoms with Crippen molar-refractivity contribution in [2.24, 2.45) is 0 Å². The van der Waals surface area contributed by atoms with Crippen molar-refractivity contribution >= 4 is 43.3 Å². The molecule has 0 saturated carbocycles. The van der Waals surface area contributed by atoms with Crippen molar-refractivity contribution in [2.45, 2.75) is 29.7 Å². The number of sulfonamides is 2. The molecule has 0 saturated heterocycles. The number of anilines is 1. The predicted molar refractivity (Wildman–Crippen MR) is 112 cm³/mol. The first kappa shape index (κ1) is 23.9. The molecule has 0 atom stereocenters. The van der Waals surface area contributed by atoms with Crippen LogP contribution >= 0.6 is 11.6 Å². The van der Waals surface area contributed by atoms with Gasteiger partial charge in [0, 0.05) is 6.04 Å². The number of hydrogen-bond donors (Lipinski definition) is 2. The number of ether oxygens (including phenoxy) is 2. The highest BCUT2D eigenvalue weighted by atomic mass is 35.5. The topological polar surface area (TPSA) is 128 Å². The molecule has 0 heterocycles. The molecular weight excluding hydrogens is 456 g/mol. The van der Waals surface area contributed by atoms with Crippen molar-refractivity contribution in [3.8, 4) is 5.75 Å². The molecule has 0 fully saturated rings. The van der Waals surface area contributed by atoms with Crippen LogP contribution in [-0.2, 0) is 24.8 Å². The van der Waals surface area contributed by atoms with Gasteiger partial charge in [-0.15, -0.1) is 0 Å². The van der Waals surface area contributed by atoms with E-state index in [1.807, 2.05) is 0 Å². The second-order valence-electron chi connectivity index (χ2n) is 6.38. The first-order valence-electron chi connectivity index (χ1n) is 8.52. The van der Waals surface area contributed by atoms with Crippen molar-refractivity contribution in [3.63, 3.8) is 0 Å². The van der Waals surface area contributed by atoms with Crippen LogP contribution in [0.25, 0.3) is 0 Å². The maximum absolute atomic E-state index is 12.9.